The summed E-state index contributed by atoms with van der Waals surface area (Å²) in [7, 11) is 0. The standard InChI is InChI=1S/C15H20N2O5/c1-3-17(4-5-18)8-15(20)16-12-7-14-13(21-9-22-14)6-11(12)10(2)19/h6-7,18H,3-5,8-9H2,1-2H3,(H,16,20). The van der Waals surface area contributed by atoms with Crippen molar-refractivity contribution in [2.45, 2.75) is 13.8 Å². The zero-order valence-electron chi connectivity index (χ0n) is 12.7. The number of hydrogen-bond acceptors (Lipinski definition) is 6. The van der Waals surface area contributed by atoms with Gasteiger partial charge in [0.15, 0.2) is 17.3 Å². The van der Waals surface area contributed by atoms with Crippen LogP contribution in [0.5, 0.6) is 11.5 Å². The fraction of sp³-hybridized carbons (Fsp3) is 0.467. The van der Waals surface area contributed by atoms with Gasteiger partial charge in [0.2, 0.25) is 12.7 Å². The number of Topliss-reactive ketones (excluding diaryl/α,β-unsaturated/α-hetero) is 1. The molecular formula is C15H20N2O5. The highest BCUT2D eigenvalue weighted by atomic mass is 16.7. The minimum atomic E-state index is -0.253. The molecule has 1 aliphatic rings. The third kappa shape index (κ3) is 3.75. The molecule has 7 heteroatoms. The number of likely N-dealkylation sites (N-methyl/N-ethyl adjacent to an activating group) is 1. The largest absolute Gasteiger partial charge is 0.454 e. The van der Waals surface area contributed by atoms with Crippen molar-refractivity contribution in [1.82, 2.24) is 4.90 Å². The molecule has 0 saturated heterocycles. The number of anilines is 1. The van der Waals surface area contributed by atoms with Gasteiger partial charge in [-0.1, -0.05) is 6.92 Å². The number of fused-ring (bicyclic) bond motifs is 1. The van der Waals surface area contributed by atoms with Gasteiger partial charge in [0.1, 0.15) is 0 Å². The predicted octanol–water partition coefficient (Wildman–Crippen LogP) is 0.871. The van der Waals surface area contributed by atoms with Gasteiger partial charge < -0.3 is 19.9 Å². The van der Waals surface area contributed by atoms with Crippen LogP contribution in [0.1, 0.15) is 24.2 Å². The monoisotopic (exact) mass is 308 g/mol. The van der Waals surface area contributed by atoms with Crippen molar-refractivity contribution in [3.05, 3.63) is 17.7 Å². The molecule has 0 spiro atoms. The number of carbonyl (C=O) groups is 2. The first-order valence-corrected chi connectivity index (χ1v) is 7.12. The van der Waals surface area contributed by atoms with Crippen LogP contribution < -0.4 is 14.8 Å². The van der Waals surface area contributed by atoms with E-state index >= 15 is 0 Å². The fourth-order valence-electron chi connectivity index (χ4n) is 2.22. The molecule has 0 bridgehead atoms. The number of aliphatic hydroxyl groups is 1. The van der Waals surface area contributed by atoms with E-state index in [1.807, 2.05) is 6.92 Å². The number of nitrogens with zero attached hydrogens (tertiary/aromatic N) is 1. The Morgan fingerprint density at radius 1 is 1.32 bits per heavy atom. The molecule has 22 heavy (non-hydrogen) atoms. The molecule has 0 fully saturated rings. The lowest BCUT2D eigenvalue weighted by Crippen LogP contribution is -2.35. The Kier molecular flexibility index (Phi) is 5.35. The maximum absolute atomic E-state index is 12.1. The van der Waals surface area contributed by atoms with E-state index in [4.69, 9.17) is 14.6 Å². The van der Waals surface area contributed by atoms with Gasteiger partial charge in [0.25, 0.3) is 0 Å². The minimum absolute atomic E-state index is 0.0101. The summed E-state index contributed by atoms with van der Waals surface area (Å²) in [5.41, 5.74) is 0.782. The van der Waals surface area contributed by atoms with Crippen molar-refractivity contribution >= 4 is 17.4 Å². The number of benzene rings is 1. The Labute approximate surface area is 128 Å². The van der Waals surface area contributed by atoms with E-state index in [0.717, 1.165) is 0 Å². The molecule has 0 aliphatic carbocycles. The maximum atomic E-state index is 12.1. The van der Waals surface area contributed by atoms with Crippen molar-refractivity contribution in [2.75, 3.05) is 38.4 Å². The summed E-state index contributed by atoms with van der Waals surface area (Å²) < 4.78 is 10.5. The summed E-state index contributed by atoms with van der Waals surface area (Å²) in [4.78, 5) is 25.7. The number of ketones is 1. The van der Waals surface area contributed by atoms with Gasteiger partial charge in [-0.3, -0.25) is 14.5 Å². The SMILES string of the molecule is CCN(CCO)CC(=O)Nc1cc2c(cc1C(C)=O)OCO2. The summed E-state index contributed by atoms with van der Waals surface area (Å²) in [6, 6.07) is 3.17. The second kappa shape index (κ2) is 7.24. The van der Waals surface area contributed by atoms with Gasteiger partial charge in [-0.15, -0.1) is 0 Å². The normalized spacial score (nSPS) is 12.5. The number of aliphatic hydroxyl groups excluding tert-OH is 1. The van der Waals surface area contributed by atoms with Gasteiger partial charge in [-0.25, -0.2) is 0 Å². The molecule has 0 saturated carbocycles. The first kappa shape index (κ1) is 16.3. The molecule has 0 aromatic heterocycles. The zero-order chi connectivity index (χ0) is 16.1. The first-order chi connectivity index (χ1) is 10.5. The lowest BCUT2D eigenvalue weighted by molar-refractivity contribution is -0.117. The van der Waals surface area contributed by atoms with E-state index in [1.165, 1.54) is 6.92 Å². The zero-order valence-corrected chi connectivity index (χ0v) is 12.7. The van der Waals surface area contributed by atoms with E-state index in [1.54, 1.807) is 17.0 Å². The summed E-state index contributed by atoms with van der Waals surface area (Å²) in [6.45, 7) is 4.64. The lowest BCUT2D eigenvalue weighted by atomic mass is 10.1. The summed E-state index contributed by atoms with van der Waals surface area (Å²) in [6.07, 6.45) is 0. The lowest BCUT2D eigenvalue weighted by Gasteiger charge is -2.19. The van der Waals surface area contributed by atoms with E-state index in [0.29, 0.717) is 35.8 Å². The molecule has 0 unspecified atom stereocenters. The summed E-state index contributed by atoms with van der Waals surface area (Å²) in [5, 5.41) is 11.7. The molecule has 1 heterocycles. The second-order valence-electron chi connectivity index (χ2n) is 4.95. The van der Waals surface area contributed by atoms with Crippen LogP contribution in [0.25, 0.3) is 0 Å². The van der Waals surface area contributed by atoms with Crippen molar-refractivity contribution < 1.29 is 24.2 Å². The van der Waals surface area contributed by atoms with Crippen molar-refractivity contribution in [1.29, 1.82) is 0 Å². The average molecular weight is 308 g/mol. The molecule has 1 aromatic rings. The minimum Gasteiger partial charge on any atom is -0.454 e. The summed E-state index contributed by atoms with van der Waals surface area (Å²) in [5.74, 6) is 0.578. The molecule has 0 atom stereocenters. The third-order valence-electron chi connectivity index (χ3n) is 3.40. The Morgan fingerprint density at radius 2 is 2.00 bits per heavy atom. The fourth-order valence-corrected chi connectivity index (χ4v) is 2.22. The van der Waals surface area contributed by atoms with Crippen LogP contribution in [0, 0.1) is 0 Å². The average Bonchev–Trinajstić information content (AvgIpc) is 2.92. The molecule has 0 radical (unpaired) electrons. The first-order valence-electron chi connectivity index (χ1n) is 7.12. The Balaban J connectivity index is 2.14. The van der Waals surface area contributed by atoms with Crippen LogP contribution in [0.2, 0.25) is 0 Å². The van der Waals surface area contributed by atoms with Crippen LogP contribution in [-0.4, -0.2) is 54.7 Å². The highest BCUT2D eigenvalue weighted by molar-refractivity contribution is 6.05. The van der Waals surface area contributed by atoms with Gasteiger partial charge >= 0.3 is 0 Å². The molecule has 7 nitrogen and oxygen atoms in total. The Morgan fingerprint density at radius 3 is 2.59 bits per heavy atom. The number of ether oxygens (including phenoxy) is 2. The topological polar surface area (TPSA) is 88.1 Å². The van der Waals surface area contributed by atoms with Gasteiger partial charge in [0, 0.05) is 18.2 Å². The van der Waals surface area contributed by atoms with E-state index in [2.05, 4.69) is 5.32 Å². The van der Waals surface area contributed by atoms with Crippen LogP contribution >= 0.6 is 0 Å². The number of amides is 1. The number of carbonyl (C=O) groups excluding carboxylic acids is 2. The maximum Gasteiger partial charge on any atom is 0.238 e. The summed E-state index contributed by atoms with van der Waals surface area (Å²) >= 11 is 0. The number of rotatable bonds is 7. The van der Waals surface area contributed by atoms with Crippen molar-refractivity contribution in [3.63, 3.8) is 0 Å². The molecule has 120 valence electrons. The highest BCUT2D eigenvalue weighted by Crippen LogP contribution is 2.37. The van der Waals surface area contributed by atoms with Crippen molar-refractivity contribution in [3.8, 4) is 11.5 Å². The van der Waals surface area contributed by atoms with Crippen LogP contribution in [0.15, 0.2) is 12.1 Å². The van der Waals surface area contributed by atoms with E-state index in [-0.39, 0.29) is 31.6 Å². The quantitative estimate of drug-likeness (QED) is 0.727. The van der Waals surface area contributed by atoms with E-state index < -0.39 is 0 Å². The van der Waals surface area contributed by atoms with Gasteiger partial charge in [-0.2, -0.15) is 0 Å². The molecule has 1 amide bonds. The van der Waals surface area contributed by atoms with Crippen LogP contribution in [0.3, 0.4) is 0 Å². The van der Waals surface area contributed by atoms with Gasteiger partial charge in [-0.05, 0) is 19.5 Å². The smallest absolute Gasteiger partial charge is 0.238 e. The predicted molar refractivity (Wildman–Crippen MR) is 80.4 cm³/mol. The Hall–Kier alpha value is -2.12. The van der Waals surface area contributed by atoms with E-state index in [9.17, 15) is 9.59 Å². The molecule has 1 aliphatic heterocycles. The highest BCUT2D eigenvalue weighted by Gasteiger charge is 2.20. The van der Waals surface area contributed by atoms with Gasteiger partial charge in [0.05, 0.1) is 18.8 Å². The Bertz CT molecular complexity index is 573. The third-order valence-corrected chi connectivity index (χ3v) is 3.40. The molecule has 2 N–H and O–H groups in total. The van der Waals surface area contributed by atoms with Crippen LogP contribution in [0.4, 0.5) is 5.69 Å². The molecular weight excluding hydrogens is 288 g/mol. The van der Waals surface area contributed by atoms with Crippen molar-refractivity contribution in [2.24, 2.45) is 0 Å². The molecule has 1 aromatic carbocycles. The van der Waals surface area contributed by atoms with Crippen LogP contribution in [-0.2, 0) is 4.79 Å². The number of nitrogens with one attached hydrogen (secondary N) is 1. The number of hydrogen-bond donors (Lipinski definition) is 2. The second-order valence-corrected chi connectivity index (χ2v) is 4.95. The molecule has 2 rings (SSSR count).